The van der Waals surface area contributed by atoms with E-state index < -0.39 is 0 Å². The molecule has 1 fully saturated rings. The molecular formula is C24H21ClN2O2S. The Kier molecular flexibility index (Phi) is 5.84. The number of anilines is 2. The molecule has 0 radical (unpaired) electrons. The van der Waals surface area contributed by atoms with Crippen LogP contribution in [0.3, 0.4) is 0 Å². The van der Waals surface area contributed by atoms with E-state index >= 15 is 0 Å². The Labute approximate surface area is 185 Å². The van der Waals surface area contributed by atoms with E-state index in [9.17, 15) is 9.59 Å². The van der Waals surface area contributed by atoms with Crippen molar-refractivity contribution in [1.82, 2.24) is 0 Å². The Bertz CT molecular complexity index is 1080. The van der Waals surface area contributed by atoms with E-state index in [-0.39, 0.29) is 17.2 Å². The molecule has 1 unspecified atom stereocenters. The Morgan fingerprint density at radius 2 is 1.63 bits per heavy atom. The maximum Gasteiger partial charge on any atom is 0.255 e. The Morgan fingerprint density at radius 3 is 2.27 bits per heavy atom. The summed E-state index contributed by atoms with van der Waals surface area (Å²) in [5.41, 5.74) is 5.46. The molecule has 1 aliphatic rings. The Morgan fingerprint density at radius 1 is 1.00 bits per heavy atom. The van der Waals surface area contributed by atoms with Crippen LogP contribution in [0.1, 0.15) is 32.4 Å². The monoisotopic (exact) mass is 436 g/mol. The average molecular weight is 437 g/mol. The highest BCUT2D eigenvalue weighted by Gasteiger charge is 2.34. The lowest BCUT2D eigenvalue weighted by atomic mass is 10.1. The van der Waals surface area contributed by atoms with Crippen LogP contribution in [0.4, 0.5) is 11.4 Å². The number of rotatable bonds is 4. The summed E-state index contributed by atoms with van der Waals surface area (Å²) in [7, 11) is 0. The first-order valence-corrected chi connectivity index (χ1v) is 11.0. The Balaban J connectivity index is 1.53. The van der Waals surface area contributed by atoms with Crippen molar-refractivity contribution in [1.29, 1.82) is 0 Å². The van der Waals surface area contributed by atoms with Crippen LogP contribution >= 0.6 is 23.4 Å². The van der Waals surface area contributed by atoms with Gasteiger partial charge in [-0.2, -0.15) is 0 Å². The van der Waals surface area contributed by atoms with Gasteiger partial charge in [-0.3, -0.25) is 14.5 Å². The van der Waals surface area contributed by atoms with Gasteiger partial charge >= 0.3 is 0 Å². The molecule has 1 atom stereocenters. The van der Waals surface area contributed by atoms with Gasteiger partial charge < -0.3 is 5.32 Å². The van der Waals surface area contributed by atoms with Crippen molar-refractivity contribution in [2.45, 2.75) is 19.2 Å². The van der Waals surface area contributed by atoms with E-state index in [1.807, 2.05) is 55.1 Å². The van der Waals surface area contributed by atoms with Gasteiger partial charge in [-0.1, -0.05) is 29.8 Å². The van der Waals surface area contributed by atoms with Crippen molar-refractivity contribution in [2.75, 3.05) is 16.0 Å². The average Bonchev–Trinajstić information content (AvgIpc) is 3.10. The zero-order chi connectivity index (χ0) is 21.3. The van der Waals surface area contributed by atoms with Gasteiger partial charge in [-0.15, -0.1) is 11.8 Å². The third-order valence-electron chi connectivity index (χ3n) is 4.91. The van der Waals surface area contributed by atoms with Gasteiger partial charge in [-0.25, -0.2) is 0 Å². The highest BCUT2D eigenvalue weighted by molar-refractivity contribution is 8.00. The van der Waals surface area contributed by atoms with E-state index in [0.717, 1.165) is 22.4 Å². The SMILES string of the molecule is Cc1cc(C)cc(N2C(=O)CSC2c2ccc(NC(=O)c3ccc(Cl)cc3)cc2)c1. The molecule has 1 saturated heterocycles. The summed E-state index contributed by atoms with van der Waals surface area (Å²) in [6, 6.07) is 20.6. The summed E-state index contributed by atoms with van der Waals surface area (Å²) in [5, 5.41) is 3.40. The third kappa shape index (κ3) is 4.37. The molecule has 0 spiro atoms. The molecule has 4 rings (SSSR count). The molecule has 4 nitrogen and oxygen atoms in total. The number of amides is 2. The Hall–Kier alpha value is -2.76. The number of carbonyl (C=O) groups excluding carboxylic acids is 2. The van der Waals surface area contributed by atoms with Crippen molar-refractivity contribution in [2.24, 2.45) is 0 Å². The van der Waals surface area contributed by atoms with Gasteiger partial charge in [0.05, 0.1) is 5.75 Å². The first-order valence-electron chi connectivity index (χ1n) is 9.59. The van der Waals surface area contributed by atoms with E-state index in [0.29, 0.717) is 22.0 Å². The van der Waals surface area contributed by atoms with Crippen LogP contribution in [-0.2, 0) is 4.79 Å². The van der Waals surface area contributed by atoms with Gasteiger partial charge in [0.1, 0.15) is 5.37 Å². The minimum atomic E-state index is -0.193. The van der Waals surface area contributed by atoms with Crippen LogP contribution < -0.4 is 10.2 Å². The lowest BCUT2D eigenvalue weighted by Crippen LogP contribution is -2.28. The number of hydrogen-bond acceptors (Lipinski definition) is 3. The second-order valence-corrected chi connectivity index (χ2v) is 8.86. The van der Waals surface area contributed by atoms with Gasteiger partial charge in [0.2, 0.25) is 5.91 Å². The largest absolute Gasteiger partial charge is 0.322 e. The molecule has 30 heavy (non-hydrogen) atoms. The fraction of sp³-hybridized carbons (Fsp3) is 0.167. The van der Waals surface area contributed by atoms with Gasteiger partial charge in [-0.05, 0) is 79.1 Å². The first-order chi connectivity index (χ1) is 14.4. The zero-order valence-corrected chi connectivity index (χ0v) is 18.3. The molecular weight excluding hydrogens is 416 g/mol. The summed E-state index contributed by atoms with van der Waals surface area (Å²) < 4.78 is 0. The highest BCUT2D eigenvalue weighted by atomic mass is 35.5. The van der Waals surface area contributed by atoms with Crippen molar-refractivity contribution >= 4 is 46.6 Å². The second kappa shape index (κ2) is 8.54. The van der Waals surface area contributed by atoms with Crippen molar-refractivity contribution in [3.05, 3.63) is 94.0 Å². The minimum Gasteiger partial charge on any atom is -0.322 e. The van der Waals surface area contributed by atoms with E-state index in [4.69, 9.17) is 11.6 Å². The minimum absolute atomic E-state index is 0.0836. The number of halogens is 1. The molecule has 0 aliphatic carbocycles. The maximum atomic E-state index is 12.6. The van der Waals surface area contributed by atoms with Crippen LogP contribution in [0.25, 0.3) is 0 Å². The predicted molar refractivity (Wildman–Crippen MR) is 124 cm³/mol. The van der Waals surface area contributed by atoms with Crippen LogP contribution in [-0.4, -0.2) is 17.6 Å². The van der Waals surface area contributed by atoms with Gasteiger partial charge in [0.25, 0.3) is 5.91 Å². The summed E-state index contributed by atoms with van der Waals surface area (Å²) >= 11 is 7.49. The lowest BCUT2D eigenvalue weighted by Gasteiger charge is -2.25. The van der Waals surface area contributed by atoms with Crippen LogP contribution in [0.15, 0.2) is 66.7 Å². The second-order valence-electron chi connectivity index (χ2n) is 7.36. The fourth-order valence-electron chi connectivity index (χ4n) is 3.58. The zero-order valence-electron chi connectivity index (χ0n) is 16.7. The summed E-state index contributed by atoms with van der Waals surface area (Å²) in [5.74, 6) is 0.365. The normalized spacial score (nSPS) is 16.0. The van der Waals surface area contributed by atoms with Crippen molar-refractivity contribution in [3.8, 4) is 0 Å². The molecule has 2 amide bonds. The molecule has 0 saturated carbocycles. The van der Waals surface area contributed by atoms with E-state index in [1.165, 1.54) is 0 Å². The molecule has 3 aromatic rings. The smallest absolute Gasteiger partial charge is 0.255 e. The number of benzene rings is 3. The molecule has 0 bridgehead atoms. The number of hydrogen-bond donors (Lipinski definition) is 1. The molecule has 152 valence electrons. The molecule has 6 heteroatoms. The molecule has 1 heterocycles. The number of carbonyl (C=O) groups is 2. The van der Waals surface area contributed by atoms with E-state index in [1.54, 1.807) is 36.0 Å². The highest BCUT2D eigenvalue weighted by Crippen LogP contribution is 2.42. The van der Waals surface area contributed by atoms with Crippen LogP contribution in [0.5, 0.6) is 0 Å². The molecule has 3 aromatic carbocycles. The third-order valence-corrected chi connectivity index (χ3v) is 6.38. The van der Waals surface area contributed by atoms with E-state index in [2.05, 4.69) is 11.4 Å². The van der Waals surface area contributed by atoms with Crippen LogP contribution in [0.2, 0.25) is 5.02 Å². The number of thioether (sulfide) groups is 1. The fourth-order valence-corrected chi connectivity index (χ4v) is 4.88. The summed E-state index contributed by atoms with van der Waals surface area (Å²) in [6.07, 6.45) is 0. The van der Waals surface area contributed by atoms with Crippen LogP contribution in [0, 0.1) is 13.8 Å². The standard InChI is InChI=1S/C24H21ClN2O2S/c1-15-11-16(2)13-21(12-15)27-22(28)14-30-24(27)18-5-9-20(10-6-18)26-23(29)17-3-7-19(25)8-4-17/h3-13,24H,14H2,1-2H3,(H,26,29). The molecule has 1 N–H and O–H groups in total. The van der Waals surface area contributed by atoms with Crippen molar-refractivity contribution in [3.63, 3.8) is 0 Å². The number of aryl methyl sites for hydroxylation is 2. The maximum absolute atomic E-state index is 12.6. The number of nitrogens with zero attached hydrogens (tertiary/aromatic N) is 1. The van der Waals surface area contributed by atoms with Crippen molar-refractivity contribution < 1.29 is 9.59 Å². The summed E-state index contributed by atoms with van der Waals surface area (Å²) in [4.78, 5) is 26.9. The topological polar surface area (TPSA) is 49.4 Å². The quantitative estimate of drug-likeness (QED) is 0.546. The molecule has 1 aliphatic heterocycles. The van der Waals surface area contributed by atoms with Gasteiger partial charge in [0.15, 0.2) is 0 Å². The first kappa shape index (κ1) is 20.5. The summed E-state index contributed by atoms with van der Waals surface area (Å²) in [6.45, 7) is 4.08. The molecule has 0 aromatic heterocycles. The van der Waals surface area contributed by atoms with Gasteiger partial charge in [0, 0.05) is 22.0 Å². The lowest BCUT2D eigenvalue weighted by molar-refractivity contribution is -0.115. The number of nitrogens with one attached hydrogen (secondary N) is 1. The predicted octanol–water partition coefficient (Wildman–Crippen LogP) is 5.99.